The zero-order valence-corrected chi connectivity index (χ0v) is 10.9. The second-order valence-electron chi connectivity index (χ2n) is 4.41. The molecule has 5 heteroatoms. The van der Waals surface area contributed by atoms with E-state index in [1.165, 1.54) is 0 Å². The van der Waals surface area contributed by atoms with E-state index in [-0.39, 0.29) is 12.3 Å². The van der Waals surface area contributed by atoms with Gasteiger partial charge in [-0.15, -0.1) is 0 Å². The molecule has 1 aromatic rings. The molecule has 0 N–H and O–H groups in total. The topological polar surface area (TPSA) is 32.8 Å². The number of carbonyl (C=O) groups excluding carboxylic acids is 1. The third kappa shape index (κ3) is 2.20. The van der Waals surface area contributed by atoms with Crippen LogP contribution in [0.25, 0.3) is 0 Å². The van der Waals surface area contributed by atoms with E-state index in [4.69, 9.17) is 4.74 Å². The van der Waals surface area contributed by atoms with E-state index in [9.17, 15) is 4.79 Å². The summed E-state index contributed by atoms with van der Waals surface area (Å²) in [5.74, 6) is 2.26. The molecule has 2 fully saturated rings. The first-order chi connectivity index (χ1) is 8.86. The van der Waals surface area contributed by atoms with Crippen molar-refractivity contribution in [1.29, 1.82) is 0 Å². The van der Waals surface area contributed by atoms with Crippen molar-refractivity contribution in [3.05, 3.63) is 30.3 Å². The highest BCUT2D eigenvalue weighted by atomic mass is 32.2. The summed E-state index contributed by atoms with van der Waals surface area (Å²) in [6, 6.07) is 9.77. The molecule has 2 saturated heterocycles. The minimum Gasteiger partial charge on any atom is -0.445 e. The van der Waals surface area contributed by atoms with Gasteiger partial charge in [0.2, 0.25) is 0 Å². The average Bonchev–Trinajstić information content (AvgIpc) is 2.83. The SMILES string of the molecule is O=C1OCC(N2CCSCC2)N1c1ccccc1. The molecular formula is C13H16N2O2S. The van der Waals surface area contributed by atoms with Crippen LogP contribution in [0.4, 0.5) is 10.5 Å². The molecule has 1 amide bonds. The average molecular weight is 264 g/mol. The number of anilines is 1. The lowest BCUT2D eigenvalue weighted by molar-refractivity contribution is 0.157. The Labute approximate surface area is 111 Å². The summed E-state index contributed by atoms with van der Waals surface area (Å²) >= 11 is 1.97. The first-order valence-corrected chi connectivity index (χ1v) is 7.34. The number of ether oxygens (including phenoxy) is 1. The van der Waals surface area contributed by atoms with Crippen LogP contribution in [-0.4, -0.2) is 48.4 Å². The third-order valence-corrected chi connectivity index (χ3v) is 4.29. The van der Waals surface area contributed by atoms with Gasteiger partial charge in [-0.1, -0.05) is 18.2 Å². The molecule has 0 radical (unpaired) electrons. The van der Waals surface area contributed by atoms with Crippen LogP contribution in [0.3, 0.4) is 0 Å². The zero-order chi connectivity index (χ0) is 12.4. The van der Waals surface area contributed by atoms with Crippen LogP contribution in [0, 0.1) is 0 Å². The summed E-state index contributed by atoms with van der Waals surface area (Å²) in [6.45, 7) is 2.52. The number of thioether (sulfide) groups is 1. The first-order valence-electron chi connectivity index (χ1n) is 6.19. The monoisotopic (exact) mass is 264 g/mol. The lowest BCUT2D eigenvalue weighted by atomic mass is 10.2. The van der Waals surface area contributed by atoms with Gasteiger partial charge in [-0.25, -0.2) is 4.79 Å². The van der Waals surface area contributed by atoms with Crippen molar-refractivity contribution in [3.63, 3.8) is 0 Å². The van der Waals surface area contributed by atoms with Crippen molar-refractivity contribution in [2.75, 3.05) is 36.1 Å². The van der Waals surface area contributed by atoms with E-state index in [1.807, 2.05) is 42.1 Å². The normalized spacial score (nSPS) is 25.2. The van der Waals surface area contributed by atoms with Crippen LogP contribution >= 0.6 is 11.8 Å². The van der Waals surface area contributed by atoms with Crippen molar-refractivity contribution in [2.24, 2.45) is 0 Å². The zero-order valence-electron chi connectivity index (χ0n) is 10.1. The molecule has 0 bridgehead atoms. The Bertz CT molecular complexity index is 420. The molecule has 0 saturated carbocycles. The Hall–Kier alpha value is -1.20. The Morgan fingerprint density at radius 2 is 1.89 bits per heavy atom. The largest absolute Gasteiger partial charge is 0.445 e. The Morgan fingerprint density at radius 3 is 2.61 bits per heavy atom. The molecule has 0 aliphatic carbocycles. The predicted molar refractivity (Wildman–Crippen MR) is 73.0 cm³/mol. The summed E-state index contributed by atoms with van der Waals surface area (Å²) in [6.07, 6.45) is -0.176. The van der Waals surface area contributed by atoms with Crippen LogP contribution in [0.1, 0.15) is 0 Å². The fourth-order valence-corrected chi connectivity index (χ4v) is 3.35. The van der Waals surface area contributed by atoms with E-state index in [2.05, 4.69) is 4.90 Å². The van der Waals surface area contributed by atoms with Gasteiger partial charge in [0.1, 0.15) is 12.8 Å². The van der Waals surface area contributed by atoms with Gasteiger partial charge in [-0.05, 0) is 12.1 Å². The highest BCUT2D eigenvalue weighted by molar-refractivity contribution is 7.99. The van der Waals surface area contributed by atoms with Crippen LogP contribution in [0.5, 0.6) is 0 Å². The number of hydrogen-bond acceptors (Lipinski definition) is 4. The summed E-state index contributed by atoms with van der Waals surface area (Å²) < 4.78 is 5.22. The van der Waals surface area contributed by atoms with Crippen molar-refractivity contribution < 1.29 is 9.53 Å². The maximum atomic E-state index is 11.9. The first kappa shape index (κ1) is 11.9. The van der Waals surface area contributed by atoms with Crippen molar-refractivity contribution in [2.45, 2.75) is 6.17 Å². The van der Waals surface area contributed by atoms with Crippen LogP contribution in [-0.2, 0) is 4.74 Å². The molecule has 1 aromatic carbocycles. The number of nitrogens with zero attached hydrogens (tertiary/aromatic N) is 2. The van der Waals surface area contributed by atoms with Gasteiger partial charge in [-0.3, -0.25) is 9.80 Å². The molecule has 1 atom stereocenters. The number of cyclic esters (lactones) is 1. The van der Waals surface area contributed by atoms with Gasteiger partial charge in [0.05, 0.1) is 0 Å². The standard InChI is InChI=1S/C13H16N2O2S/c16-13-15(11-4-2-1-3-5-11)12(10-17-13)14-6-8-18-9-7-14/h1-5,12H,6-10H2. The molecule has 2 heterocycles. The minimum atomic E-state index is -0.232. The molecule has 96 valence electrons. The van der Waals surface area contributed by atoms with E-state index in [0.717, 1.165) is 30.3 Å². The van der Waals surface area contributed by atoms with Crippen molar-refractivity contribution >= 4 is 23.5 Å². The molecule has 0 aromatic heterocycles. The highest BCUT2D eigenvalue weighted by Gasteiger charge is 2.38. The Morgan fingerprint density at radius 1 is 1.17 bits per heavy atom. The van der Waals surface area contributed by atoms with Crippen LogP contribution < -0.4 is 4.90 Å². The van der Waals surface area contributed by atoms with Gasteiger partial charge in [0.15, 0.2) is 0 Å². The lowest BCUT2D eigenvalue weighted by Crippen LogP contribution is -2.50. The molecule has 2 aliphatic heterocycles. The smallest absolute Gasteiger partial charge is 0.415 e. The van der Waals surface area contributed by atoms with Gasteiger partial charge in [0.25, 0.3) is 0 Å². The number of benzene rings is 1. The number of hydrogen-bond donors (Lipinski definition) is 0. The fraction of sp³-hybridized carbons (Fsp3) is 0.462. The van der Waals surface area contributed by atoms with E-state index >= 15 is 0 Å². The second kappa shape index (κ2) is 5.20. The summed E-state index contributed by atoms with van der Waals surface area (Å²) in [5.41, 5.74) is 0.920. The van der Waals surface area contributed by atoms with Gasteiger partial charge >= 0.3 is 6.09 Å². The summed E-state index contributed by atoms with van der Waals surface area (Å²) in [4.78, 5) is 16.0. The fourth-order valence-electron chi connectivity index (χ4n) is 2.42. The van der Waals surface area contributed by atoms with Crippen molar-refractivity contribution in [1.82, 2.24) is 4.90 Å². The van der Waals surface area contributed by atoms with Crippen LogP contribution in [0.15, 0.2) is 30.3 Å². The van der Waals surface area contributed by atoms with E-state index < -0.39 is 0 Å². The number of para-hydroxylation sites is 1. The Kier molecular flexibility index (Phi) is 3.43. The third-order valence-electron chi connectivity index (χ3n) is 3.35. The van der Waals surface area contributed by atoms with Gasteiger partial charge in [0, 0.05) is 30.3 Å². The second-order valence-corrected chi connectivity index (χ2v) is 5.64. The van der Waals surface area contributed by atoms with E-state index in [1.54, 1.807) is 4.90 Å². The van der Waals surface area contributed by atoms with E-state index in [0.29, 0.717) is 6.61 Å². The Balaban J connectivity index is 1.83. The minimum absolute atomic E-state index is 0.0563. The molecule has 2 aliphatic rings. The molecule has 0 spiro atoms. The summed E-state index contributed by atoms with van der Waals surface area (Å²) in [7, 11) is 0. The molecule has 3 rings (SSSR count). The highest BCUT2D eigenvalue weighted by Crippen LogP contribution is 2.26. The quantitative estimate of drug-likeness (QED) is 0.818. The molecule has 4 nitrogen and oxygen atoms in total. The van der Waals surface area contributed by atoms with Crippen LogP contribution in [0.2, 0.25) is 0 Å². The number of rotatable bonds is 2. The molecule has 1 unspecified atom stereocenters. The lowest BCUT2D eigenvalue weighted by Gasteiger charge is -2.34. The number of carbonyl (C=O) groups is 1. The van der Waals surface area contributed by atoms with Gasteiger partial charge < -0.3 is 4.74 Å². The maximum absolute atomic E-state index is 11.9. The maximum Gasteiger partial charge on any atom is 0.415 e. The van der Waals surface area contributed by atoms with Gasteiger partial charge in [-0.2, -0.15) is 11.8 Å². The molecular weight excluding hydrogens is 248 g/mol. The predicted octanol–water partition coefficient (Wildman–Crippen LogP) is 2.02. The molecule has 18 heavy (non-hydrogen) atoms. The summed E-state index contributed by atoms with van der Waals surface area (Å²) in [5, 5.41) is 0. The number of amides is 1. The van der Waals surface area contributed by atoms with Crippen molar-refractivity contribution in [3.8, 4) is 0 Å².